The summed E-state index contributed by atoms with van der Waals surface area (Å²) in [5.41, 5.74) is 2.45. The number of rotatable bonds is 4. The minimum Gasteiger partial charge on any atom is -0.489 e. The smallest absolute Gasteiger partial charge is 0.141 e. The first-order chi connectivity index (χ1) is 6.83. The van der Waals surface area contributed by atoms with E-state index in [1.165, 1.54) is 18.4 Å². The Morgan fingerprint density at radius 2 is 2.14 bits per heavy atom. The quantitative estimate of drug-likeness (QED) is 0.730. The topological polar surface area (TPSA) is 22.1 Å². The Morgan fingerprint density at radius 3 is 2.71 bits per heavy atom. The predicted molar refractivity (Wildman–Crippen MR) is 56.6 cm³/mol. The number of hydrogen-bond donors (Lipinski definition) is 0. The van der Waals surface area contributed by atoms with Gasteiger partial charge in [0.1, 0.15) is 5.75 Å². The number of pyridine rings is 1. The van der Waals surface area contributed by atoms with Crippen molar-refractivity contribution in [2.45, 2.75) is 45.6 Å². The second-order valence-corrected chi connectivity index (χ2v) is 3.81. The summed E-state index contributed by atoms with van der Waals surface area (Å²) >= 11 is 0. The van der Waals surface area contributed by atoms with Gasteiger partial charge in [0.15, 0.2) is 0 Å². The van der Waals surface area contributed by atoms with Crippen molar-refractivity contribution < 1.29 is 4.74 Å². The van der Waals surface area contributed by atoms with Gasteiger partial charge in [0.25, 0.3) is 0 Å². The molecule has 76 valence electrons. The maximum absolute atomic E-state index is 5.78. The second kappa shape index (κ2) is 3.99. The largest absolute Gasteiger partial charge is 0.489 e. The standard InChI is InChI=1S/C12H17NO/c1-3-9-7-10(4-2)13-8-12(9)14-11-5-6-11/h7-8,11H,3-6H2,1-2H3. The molecular weight excluding hydrogens is 174 g/mol. The zero-order chi connectivity index (χ0) is 9.97. The molecule has 1 aliphatic rings. The van der Waals surface area contributed by atoms with Crippen molar-refractivity contribution in [3.05, 3.63) is 23.5 Å². The van der Waals surface area contributed by atoms with Crippen LogP contribution in [0.1, 0.15) is 37.9 Å². The lowest BCUT2D eigenvalue weighted by atomic mass is 10.1. The van der Waals surface area contributed by atoms with Gasteiger partial charge in [-0.2, -0.15) is 0 Å². The Labute approximate surface area is 85.3 Å². The van der Waals surface area contributed by atoms with Crippen molar-refractivity contribution in [2.75, 3.05) is 0 Å². The van der Waals surface area contributed by atoms with Gasteiger partial charge in [-0.3, -0.25) is 4.98 Å². The van der Waals surface area contributed by atoms with Crippen LogP contribution >= 0.6 is 0 Å². The molecular formula is C12H17NO. The normalized spacial score (nSPS) is 15.6. The third-order valence-electron chi connectivity index (χ3n) is 2.57. The van der Waals surface area contributed by atoms with E-state index in [0.717, 1.165) is 24.3 Å². The SMILES string of the molecule is CCc1cc(CC)c(OC2CC2)cn1. The van der Waals surface area contributed by atoms with Crippen LogP contribution in [0.15, 0.2) is 12.3 Å². The van der Waals surface area contributed by atoms with E-state index >= 15 is 0 Å². The van der Waals surface area contributed by atoms with E-state index in [9.17, 15) is 0 Å². The van der Waals surface area contributed by atoms with E-state index in [1.54, 1.807) is 0 Å². The van der Waals surface area contributed by atoms with Gasteiger partial charge >= 0.3 is 0 Å². The molecule has 1 saturated carbocycles. The minimum atomic E-state index is 0.467. The van der Waals surface area contributed by atoms with E-state index in [-0.39, 0.29) is 0 Å². The highest BCUT2D eigenvalue weighted by Gasteiger charge is 2.24. The molecule has 0 spiro atoms. The lowest BCUT2D eigenvalue weighted by Crippen LogP contribution is -2.01. The van der Waals surface area contributed by atoms with Crippen molar-refractivity contribution in [1.82, 2.24) is 4.98 Å². The molecule has 2 heteroatoms. The van der Waals surface area contributed by atoms with Crippen LogP contribution in [-0.4, -0.2) is 11.1 Å². The average molecular weight is 191 g/mol. The van der Waals surface area contributed by atoms with E-state index in [1.807, 2.05) is 6.20 Å². The summed E-state index contributed by atoms with van der Waals surface area (Å²) in [5, 5.41) is 0. The molecule has 0 amide bonds. The number of hydrogen-bond acceptors (Lipinski definition) is 2. The molecule has 0 aromatic carbocycles. The highest BCUT2D eigenvalue weighted by atomic mass is 16.5. The van der Waals surface area contributed by atoms with Crippen LogP contribution in [0.4, 0.5) is 0 Å². The van der Waals surface area contributed by atoms with Gasteiger partial charge < -0.3 is 4.74 Å². The molecule has 1 heterocycles. The summed E-state index contributed by atoms with van der Waals surface area (Å²) in [6.45, 7) is 4.29. The molecule has 1 fully saturated rings. The van der Waals surface area contributed by atoms with E-state index in [4.69, 9.17) is 4.74 Å². The van der Waals surface area contributed by atoms with Crippen molar-refractivity contribution in [3.63, 3.8) is 0 Å². The average Bonchev–Trinajstić information content (AvgIpc) is 3.02. The lowest BCUT2D eigenvalue weighted by Gasteiger charge is -2.09. The number of aryl methyl sites for hydroxylation is 2. The van der Waals surface area contributed by atoms with Gasteiger partial charge in [0, 0.05) is 5.69 Å². The van der Waals surface area contributed by atoms with E-state index in [2.05, 4.69) is 24.9 Å². The fourth-order valence-electron chi connectivity index (χ4n) is 1.48. The molecule has 0 bridgehead atoms. The molecule has 1 aromatic heterocycles. The highest BCUT2D eigenvalue weighted by Crippen LogP contribution is 2.29. The highest BCUT2D eigenvalue weighted by molar-refractivity contribution is 5.33. The third kappa shape index (κ3) is 2.06. The summed E-state index contributed by atoms with van der Waals surface area (Å²) in [4.78, 5) is 4.36. The van der Waals surface area contributed by atoms with Crippen LogP contribution < -0.4 is 4.74 Å². The second-order valence-electron chi connectivity index (χ2n) is 3.81. The van der Waals surface area contributed by atoms with Crippen LogP contribution in [0, 0.1) is 0 Å². The molecule has 0 N–H and O–H groups in total. The maximum atomic E-state index is 5.78. The number of aromatic nitrogens is 1. The van der Waals surface area contributed by atoms with Gasteiger partial charge in [-0.1, -0.05) is 13.8 Å². The first kappa shape index (κ1) is 9.50. The van der Waals surface area contributed by atoms with Crippen LogP contribution in [0.2, 0.25) is 0 Å². The molecule has 2 rings (SSSR count). The number of ether oxygens (including phenoxy) is 1. The fourth-order valence-corrected chi connectivity index (χ4v) is 1.48. The molecule has 0 saturated heterocycles. The van der Waals surface area contributed by atoms with E-state index < -0.39 is 0 Å². The molecule has 2 nitrogen and oxygen atoms in total. The molecule has 0 aliphatic heterocycles. The first-order valence-corrected chi connectivity index (χ1v) is 5.48. The van der Waals surface area contributed by atoms with Crippen LogP contribution in [-0.2, 0) is 12.8 Å². The Morgan fingerprint density at radius 1 is 1.36 bits per heavy atom. The summed E-state index contributed by atoms with van der Waals surface area (Å²) in [6.07, 6.45) is 6.79. The number of nitrogens with zero attached hydrogens (tertiary/aromatic N) is 1. The van der Waals surface area contributed by atoms with Crippen molar-refractivity contribution >= 4 is 0 Å². The minimum absolute atomic E-state index is 0.467. The predicted octanol–water partition coefficient (Wildman–Crippen LogP) is 2.75. The Bertz CT molecular complexity index is 318. The molecule has 0 atom stereocenters. The van der Waals surface area contributed by atoms with E-state index in [0.29, 0.717) is 6.10 Å². The summed E-state index contributed by atoms with van der Waals surface area (Å²) in [5.74, 6) is 0.993. The van der Waals surface area contributed by atoms with Crippen LogP contribution in [0.3, 0.4) is 0 Å². The fraction of sp³-hybridized carbons (Fsp3) is 0.583. The lowest BCUT2D eigenvalue weighted by molar-refractivity contribution is 0.299. The van der Waals surface area contributed by atoms with Crippen LogP contribution in [0.5, 0.6) is 5.75 Å². The van der Waals surface area contributed by atoms with Crippen molar-refractivity contribution in [1.29, 1.82) is 0 Å². The summed E-state index contributed by atoms with van der Waals surface area (Å²) < 4.78 is 5.78. The maximum Gasteiger partial charge on any atom is 0.141 e. The molecule has 1 aromatic rings. The van der Waals surface area contributed by atoms with Gasteiger partial charge in [-0.25, -0.2) is 0 Å². The Hall–Kier alpha value is -1.05. The zero-order valence-corrected chi connectivity index (χ0v) is 8.92. The van der Waals surface area contributed by atoms with Gasteiger partial charge in [0.05, 0.1) is 12.3 Å². The van der Waals surface area contributed by atoms with Gasteiger partial charge in [-0.15, -0.1) is 0 Å². The first-order valence-electron chi connectivity index (χ1n) is 5.48. The third-order valence-corrected chi connectivity index (χ3v) is 2.57. The van der Waals surface area contributed by atoms with Crippen molar-refractivity contribution in [2.24, 2.45) is 0 Å². The zero-order valence-electron chi connectivity index (χ0n) is 8.92. The Balaban J connectivity index is 2.19. The molecule has 1 aliphatic carbocycles. The summed E-state index contributed by atoms with van der Waals surface area (Å²) in [7, 11) is 0. The molecule has 0 unspecified atom stereocenters. The summed E-state index contributed by atoms with van der Waals surface area (Å²) in [6, 6.07) is 2.16. The molecule has 14 heavy (non-hydrogen) atoms. The monoisotopic (exact) mass is 191 g/mol. The molecule has 0 radical (unpaired) electrons. The Kier molecular flexibility index (Phi) is 2.71. The van der Waals surface area contributed by atoms with Gasteiger partial charge in [0.2, 0.25) is 0 Å². The van der Waals surface area contributed by atoms with Crippen molar-refractivity contribution in [3.8, 4) is 5.75 Å². The van der Waals surface area contributed by atoms with Gasteiger partial charge in [-0.05, 0) is 37.3 Å². The van der Waals surface area contributed by atoms with Crippen LogP contribution in [0.25, 0.3) is 0 Å².